The zero-order valence-corrected chi connectivity index (χ0v) is 19.1. The molecular weight excluding hydrogens is 432 g/mol. The van der Waals surface area contributed by atoms with E-state index in [1.54, 1.807) is 24.1 Å². The van der Waals surface area contributed by atoms with E-state index in [-0.39, 0.29) is 11.8 Å². The summed E-state index contributed by atoms with van der Waals surface area (Å²) in [5, 5.41) is 8.96. The van der Waals surface area contributed by atoms with Crippen LogP contribution in [0.25, 0.3) is 11.3 Å². The summed E-state index contributed by atoms with van der Waals surface area (Å²) in [5.74, 6) is 1.46. The number of benzene rings is 2. The molecule has 1 aromatic heterocycles. The summed E-state index contributed by atoms with van der Waals surface area (Å²) in [5.41, 5.74) is 2.32. The van der Waals surface area contributed by atoms with E-state index in [0.717, 1.165) is 0 Å². The maximum absolute atomic E-state index is 12.9. The molecule has 0 saturated heterocycles. The Morgan fingerprint density at radius 3 is 2.38 bits per heavy atom. The zero-order valence-electron chi connectivity index (χ0n) is 18.3. The van der Waals surface area contributed by atoms with Crippen molar-refractivity contribution in [3.05, 3.63) is 42.0 Å². The van der Waals surface area contributed by atoms with Crippen LogP contribution in [0.15, 0.2) is 41.6 Å². The van der Waals surface area contributed by atoms with Crippen molar-refractivity contribution in [1.29, 1.82) is 0 Å². The number of hydrogen-bond acceptors (Lipinski definition) is 9. The molecule has 0 bridgehead atoms. The van der Waals surface area contributed by atoms with E-state index < -0.39 is 6.23 Å². The first-order chi connectivity index (χ1) is 15.5. The van der Waals surface area contributed by atoms with E-state index in [9.17, 15) is 4.79 Å². The lowest BCUT2D eigenvalue weighted by Crippen LogP contribution is -2.36. The number of aromatic nitrogens is 3. The Morgan fingerprint density at radius 2 is 1.72 bits per heavy atom. The molecule has 0 fully saturated rings. The fraction of sp³-hybridized carbons (Fsp3) is 0.273. The molecule has 32 heavy (non-hydrogen) atoms. The van der Waals surface area contributed by atoms with Crippen molar-refractivity contribution >= 4 is 23.4 Å². The van der Waals surface area contributed by atoms with Gasteiger partial charge in [0.05, 0.1) is 32.6 Å². The summed E-state index contributed by atoms with van der Waals surface area (Å²) in [6.07, 6.45) is 0.946. The maximum atomic E-state index is 12.9. The molecule has 1 aliphatic rings. The third kappa shape index (κ3) is 3.66. The van der Waals surface area contributed by atoms with Crippen molar-refractivity contribution in [1.82, 2.24) is 15.2 Å². The minimum Gasteiger partial charge on any atom is -0.496 e. The molecule has 2 aromatic carbocycles. The van der Waals surface area contributed by atoms with Crippen LogP contribution in [-0.4, -0.2) is 48.7 Å². The van der Waals surface area contributed by atoms with Crippen molar-refractivity contribution in [2.24, 2.45) is 0 Å². The summed E-state index contributed by atoms with van der Waals surface area (Å²) in [6, 6.07) is 10.8. The predicted octanol–water partition coefficient (Wildman–Crippen LogP) is 3.73. The summed E-state index contributed by atoms with van der Waals surface area (Å²) < 4.78 is 22.9. The van der Waals surface area contributed by atoms with Crippen LogP contribution in [0.1, 0.15) is 18.7 Å². The minimum atomic E-state index is -0.906. The lowest BCUT2D eigenvalue weighted by Gasteiger charge is -2.31. The molecule has 4 rings (SSSR count). The second kappa shape index (κ2) is 8.91. The lowest BCUT2D eigenvalue weighted by molar-refractivity contribution is -0.118. The molecule has 9 nitrogen and oxygen atoms in total. The summed E-state index contributed by atoms with van der Waals surface area (Å²) in [7, 11) is 4.62. The van der Waals surface area contributed by atoms with Gasteiger partial charge in [-0.15, -0.1) is 10.2 Å². The highest BCUT2D eigenvalue weighted by Gasteiger charge is 2.36. The van der Waals surface area contributed by atoms with Crippen molar-refractivity contribution in [3.63, 3.8) is 0 Å². The number of ether oxygens (including phenoxy) is 4. The van der Waals surface area contributed by atoms with Crippen molar-refractivity contribution in [2.75, 3.05) is 32.5 Å². The molecule has 1 amide bonds. The zero-order chi connectivity index (χ0) is 22.8. The topological polar surface area (TPSA) is 95.9 Å². The van der Waals surface area contributed by atoms with Crippen LogP contribution >= 0.6 is 11.8 Å². The predicted molar refractivity (Wildman–Crippen MR) is 120 cm³/mol. The third-order valence-corrected chi connectivity index (χ3v) is 5.57. The summed E-state index contributed by atoms with van der Waals surface area (Å²) in [6.45, 7) is 1.47. The smallest absolute Gasteiger partial charge is 0.247 e. The largest absolute Gasteiger partial charge is 0.496 e. The number of carbonyl (C=O) groups excluding carboxylic acids is 1. The van der Waals surface area contributed by atoms with E-state index in [2.05, 4.69) is 15.2 Å². The molecule has 0 aliphatic carbocycles. The molecule has 0 saturated carbocycles. The highest BCUT2D eigenvalue weighted by molar-refractivity contribution is 7.98. The van der Waals surface area contributed by atoms with Crippen molar-refractivity contribution in [3.8, 4) is 34.4 Å². The molecule has 0 radical (unpaired) electrons. The van der Waals surface area contributed by atoms with Gasteiger partial charge in [-0.1, -0.05) is 30.0 Å². The number of fused-ring (bicyclic) bond motifs is 3. The van der Waals surface area contributed by atoms with Gasteiger partial charge >= 0.3 is 0 Å². The second-order valence-corrected chi connectivity index (χ2v) is 7.55. The Balaban J connectivity index is 2.00. The Hall–Kier alpha value is -3.53. The molecule has 166 valence electrons. The quantitative estimate of drug-likeness (QED) is 0.534. The molecule has 0 unspecified atom stereocenters. The first-order valence-electron chi connectivity index (χ1n) is 9.66. The lowest BCUT2D eigenvalue weighted by atomic mass is 10.1. The van der Waals surface area contributed by atoms with E-state index in [1.807, 2.05) is 30.5 Å². The molecule has 2 heterocycles. The first kappa shape index (κ1) is 21.7. The van der Waals surface area contributed by atoms with Gasteiger partial charge in [0.25, 0.3) is 0 Å². The standard InChI is InChI=1S/C22H22N4O5S/c1-12(27)26-15-9-7-6-8-13(15)19-20(23-22(32-5)25-24-19)31-21(26)14-10-17(29-3)18(30-4)11-16(14)28-2/h6-11,21H,1-5H3/t21-/m1/s1. The van der Waals surface area contributed by atoms with Gasteiger partial charge in [0.1, 0.15) is 5.75 Å². The third-order valence-electron chi connectivity index (χ3n) is 5.04. The molecule has 1 atom stereocenters. The Labute approximate surface area is 189 Å². The molecule has 0 N–H and O–H groups in total. The fourth-order valence-corrected chi connectivity index (χ4v) is 3.88. The van der Waals surface area contributed by atoms with Crippen LogP contribution in [-0.2, 0) is 4.79 Å². The number of rotatable bonds is 5. The summed E-state index contributed by atoms with van der Waals surface area (Å²) in [4.78, 5) is 19.0. The van der Waals surface area contributed by atoms with Crippen LogP contribution in [0, 0.1) is 0 Å². The van der Waals surface area contributed by atoms with Gasteiger partial charge in [0.15, 0.2) is 17.2 Å². The van der Waals surface area contributed by atoms with Gasteiger partial charge in [-0.2, -0.15) is 4.98 Å². The van der Waals surface area contributed by atoms with Gasteiger partial charge in [-0.3, -0.25) is 9.69 Å². The molecule has 10 heteroatoms. The van der Waals surface area contributed by atoms with Crippen molar-refractivity contribution < 1.29 is 23.7 Å². The average Bonchev–Trinajstić information content (AvgIpc) is 2.97. The fourth-order valence-electron chi connectivity index (χ4n) is 3.59. The van der Waals surface area contributed by atoms with E-state index in [1.165, 1.54) is 32.9 Å². The van der Waals surface area contributed by atoms with Gasteiger partial charge in [-0.25, -0.2) is 0 Å². The monoisotopic (exact) mass is 454 g/mol. The number of methoxy groups -OCH3 is 3. The number of thioether (sulfide) groups is 1. The highest BCUT2D eigenvalue weighted by Crippen LogP contribution is 2.46. The first-order valence-corrected chi connectivity index (χ1v) is 10.9. The van der Waals surface area contributed by atoms with E-state index in [4.69, 9.17) is 18.9 Å². The molecular formula is C22H22N4O5S. The number of nitrogens with zero attached hydrogens (tertiary/aromatic N) is 4. The van der Waals surface area contributed by atoms with Crippen LogP contribution in [0.3, 0.4) is 0 Å². The second-order valence-electron chi connectivity index (χ2n) is 6.78. The van der Waals surface area contributed by atoms with Crippen LogP contribution < -0.4 is 23.8 Å². The van der Waals surface area contributed by atoms with Crippen LogP contribution in [0.4, 0.5) is 5.69 Å². The number of para-hydroxylation sites is 1. The van der Waals surface area contributed by atoms with E-state index in [0.29, 0.717) is 44.9 Å². The number of hydrogen-bond donors (Lipinski definition) is 0. The normalized spacial score (nSPS) is 14.5. The van der Waals surface area contributed by atoms with Gasteiger partial charge in [0, 0.05) is 18.6 Å². The Kier molecular flexibility index (Phi) is 6.04. The maximum Gasteiger partial charge on any atom is 0.247 e. The SMILES string of the molecule is COc1cc(OC)c([C@H]2Oc3nc(SC)nnc3-c3ccccc3N2C(C)=O)cc1OC. The minimum absolute atomic E-state index is 0.231. The Bertz CT molecular complexity index is 1170. The molecule has 0 spiro atoms. The van der Waals surface area contributed by atoms with Gasteiger partial charge < -0.3 is 18.9 Å². The van der Waals surface area contributed by atoms with Crippen LogP contribution in [0.2, 0.25) is 0 Å². The van der Waals surface area contributed by atoms with Gasteiger partial charge in [-0.05, 0) is 18.4 Å². The van der Waals surface area contributed by atoms with E-state index >= 15 is 0 Å². The number of anilines is 1. The average molecular weight is 455 g/mol. The number of amides is 1. The van der Waals surface area contributed by atoms with Gasteiger partial charge in [0.2, 0.25) is 23.2 Å². The molecule has 1 aliphatic heterocycles. The Morgan fingerprint density at radius 1 is 1.03 bits per heavy atom. The molecule has 3 aromatic rings. The highest BCUT2D eigenvalue weighted by atomic mass is 32.2. The van der Waals surface area contributed by atoms with Crippen molar-refractivity contribution in [2.45, 2.75) is 18.3 Å². The summed E-state index contributed by atoms with van der Waals surface area (Å²) >= 11 is 1.35. The van der Waals surface area contributed by atoms with Crippen LogP contribution in [0.5, 0.6) is 23.1 Å². The number of carbonyl (C=O) groups is 1.